The quantitative estimate of drug-likeness (QED) is 0.505. The number of rotatable bonds is 10. The number of nitrogens with two attached hydrogens (primary N) is 1. The number of carbonyl (C=O) groups is 2. The van der Waals surface area contributed by atoms with Crippen LogP contribution in [0.5, 0.6) is 0 Å². The van der Waals surface area contributed by atoms with Gasteiger partial charge in [0.05, 0.1) is 10.9 Å². The van der Waals surface area contributed by atoms with Crippen LogP contribution < -0.4 is 11.1 Å². The van der Waals surface area contributed by atoms with Gasteiger partial charge in [-0.1, -0.05) is 25.5 Å². The molecule has 22 heavy (non-hydrogen) atoms. The Labute approximate surface area is 141 Å². The molecule has 0 aliphatic heterocycles. The summed E-state index contributed by atoms with van der Waals surface area (Å²) in [4.78, 5) is 24.0. The van der Waals surface area contributed by atoms with Crippen molar-refractivity contribution in [2.75, 3.05) is 16.8 Å². The molecule has 0 saturated carbocycles. The standard InChI is InChI=1S/C16H24N2O2S2/c1-3-4-10-21-12(2)16(20)18-13-7-5-6-8-14(13)22-11-9-15(17)19/h5-8,12H,3-4,9-11H2,1-2H3,(H2,17,19)(H,18,20)/t12-/m0/s1. The van der Waals surface area contributed by atoms with Crippen molar-refractivity contribution in [3.8, 4) is 0 Å². The molecule has 0 spiro atoms. The van der Waals surface area contributed by atoms with Gasteiger partial charge in [-0.05, 0) is 31.2 Å². The lowest BCUT2D eigenvalue weighted by atomic mass is 10.3. The van der Waals surface area contributed by atoms with Gasteiger partial charge in [0, 0.05) is 17.1 Å². The first-order valence-electron chi connectivity index (χ1n) is 7.47. The number of carbonyl (C=O) groups excluding carboxylic acids is 2. The van der Waals surface area contributed by atoms with E-state index in [9.17, 15) is 9.59 Å². The Kier molecular flexibility index (Phi) is 9.08. The molecule has 0 aliphatic rings. The van der Waals surface area contributed by atoms with Crippen LogP contribution >= 0.6 is 23.5 Å². The number of hydrogen-bond donors (Lipinski definition) is 2. The first-order valence-corrected chi connectivity index (χ1v) is 9.50. The number of para-hydroxylation sites is 1. The number of benzene rings is 1. The molecule has 0 aliphatic carbocycles. The Morgan fingerprint density at radius 1 is 1.27 bits per heavy atom. The highest BCUT2D eigenvalue weighted by atomic mass is 32.2. The fourth-order valence-electron chi connectivity index (χ4n) is 1.67. The van der Waals surface area contributed by atoms with Crippen LogP contribution in [0.2, 0.25) is 0 Å². The lowest BCUT2D eigenvalue weighted by Crippen LogP contribution is -2.23. The topological polar surface area (TPSA) is 72.2 Å². The van der Waals surface area contributed by atoms with Crippen molar-refractivity contribution in [1.29, 1.82) is 0 Å². The van der Waals surface area contributed by atoms with Crippen LogP contribution in [0.3, 0.4) is 0 Å². The van der Waals surface area contributed by atoms with Gasteiger partial charge in [-0.15, -0.1) is 23.5 Å². The number of amides is 2. The molecule has 0 fully saturated rings. The van der Waals surface area contributed by atoms with E-state index < -0.39 is 0 Å². The minimum absolute atomic E-state index is 0.0176. The SMILES string of the molecule is CCCCS[C@@H](C)C(=O)Nc1ccccc1SCCC(N)=O. The van der Waals surface area contributed by atoms with Crippen molar-refractivity contribution in [2.45, 2.75) is 43.3 Å². The fraction of sp³-hybridized carbons (Fsp3) is 0.500. The van der Waals surface area contributed by atoms with Crippen molar-refractivity contribution in [2.24, 2.45) is 5.73 Å². The van der Waals surface area contributed by atoms with Crippen molar-refractivity contribution < 1.29 is 9.59 Å². The van der Waals surface area contributed by atoms with Crippen molar-refractivity contribution in [3.05, 3.63) is 24.3 Å². The summed E-state index contributed by atoms with van der Waals surface area (Å²) in [6.45, 7) is 4.07. The Morgan fingerprint density at radius 2 is 2.00 bits per heavy atom. The largest absolute Gasteiger partial charge is 0.370 e. The average molecular weight is 341 g/mol. The molecule has 1 aromatic carbocycles. The second-order valence-corrected chi connectivity index (χ2v) is 7.50. The molecule has 4 nitrogen and oxygen atoms in total. The van der Waals surface area contributed by atoms with Gasteiger partial charge in [-0.3, -0.25) is 9.59 Å². The van der Waals surface area contributed by atoms with Crippen LogP contribution in [0, 0.1) is 0 Å². The van der Waals surface area contributed by atoms with Crippen molar-refractivity contribution >= 4 is 41.0 Å². The molecule has 0 saturated heterocycles. The Hall–Kier alpha value is -1.14. The summed E-state index contributed by atoms with van der Waals surface area (Å²) in [5.41, 5.74) is 5.94. The highest BCUT2D eigenvalue weighted by molar-refractivity contribution is 8.00. The monoisotopic (exact) mass is 340 g/mol. The lowest BCUT2D eigenvalue weighted by molar-refractivity contribution is -0.117. The van der Waals surface area contributed by atoms with E-state index in [4.69, 9.17) is 5.73 Å². The summed E-state index contributed by atoms with van der Waals surface area (Å²) in [5.74, 6) is 1.32. The van der Waals surface area contributed by atoms with E-state index in [2.05, 4.69) is 12.2 Å². The van der Waals surface area contributed by atoms with E-state index >= 15 is 0 Å². The van der Waals surface area contributed by atoms with Crippen LogP contribution in [0.1, 0.15) is 33.1 Å². The molecule has 0 unspecified atom stereocenters. The van der Waals surface area contributed by atoms with E-state index in [0.717, 1.165) is 29.2 Å². The molecule has 122 valence electrons. The number of nitrogens with one attached hydrogen (secondary N) is 1. The molecule has 1 atom stereocenters. The lowest BCUT2D eigenvalue weighted by Gasteiger charge is -2.14. The third kappa shape index (κ3) is 7.22. The van der Waals surface area contributed by atoms with Gasteiger partial charge in [0.15, 0.2) is 0 Å². The van der Waals surface area contributed by atoms with Crippen LogP contribution in [0.15, 0.2) is 29.2 Å². The van der Waals surface area contributed by atoms with Crippen molar-refractivity contribution in [1.82, 2.24) is 0 Å². The van der Waals surface area contributed by atoms with E-state index in [1.54, 1.807) is 11.8 Å². The van der Waals surface area contributed by atoms with E-state index in [1.165, 1.54) is 11.8 Å². The molecule has 2 amide bonds. The van der Waals surface area contributed by atoms with Gasteiger partial charge < -0.3 is 11.1 Å². The summed E-state index contributed by atoms with van der Waals surface area (Å²) in [5, 5.41) is 2.90. The molecule has 0 bridgehead atoms. The maximum atomic E-state index is 12.2. The highest BCUT2D eigenvalue weighted by Crippen LogP contribution is 2.28. The maximum absolute atomic E-state index is 12.2. The molecular weight excluding hydrogens is 316 g/mol. The number of unbranched alkanes of at least 4 members (excludes halogenated alkanes) is 1. The van der Waals surface area contributed by atoms with E-state index in [-0.39, 0.29) is 17.1 Å². The predicted octanol–water partition coefficient (Wildman–Crippen LogP) is 3.51. The minimum Gasteiger partial charge on any atom is -0.370 e. The normalized spacial score (nSPS) is 11.9. The first kappa shape index (κ1) is 18.9. The number of anilines is 1. The predicted molar refractivity (Wildman–Crippen MR) is 96.4 cm³/mol. The maximum Gasteiger partial charge on any atom is 0.237 e. The van der Waals surface area contributed by atoms with Crippen LogP contribution in [0.4, 0.5) is 5.69 Å². The molecule has 1 aromatic rings. The van der Waals surface area contributed by atoms with Gasteiger partial charge >= 0.3 is 0 Å². The summed E-state index contributed by atoms with van der Waals surface area (Å²) < 4.78 is 0. The third-order valence-electron chi connectivity index (χ3n) is 2.99. The zero-order chi connectivity index (χ0) is 16.4. The minimum atomic E-state index is -0.310. The fourth-order valence-corrected chi connectivity index (χ4v) is 3.66. The Bertz CT molecular complexity index is 495. The Morgan fingerprint density at radius 3 is 2.68 bits per heavy atom. The zero-order valence-electron chi connectivity index (χ0n) is 13.1. The summed E-state index contributed by atoms with van der Waals surface area (Å²) in [6, 6.07) is 7.63. The van der Waals surface area contributed by atoms with E-state index in [0.29, 0.717) is 12.2 Å². The number of thioether (sulfide) groups is 2. The zero-order valence-corrected chi connectivity index (χ0v) is 14.8. The van der Waals surface area contributed by atoms with Crippen LogP contribution in [-0.2, 0) is 9.59 Å². The van der Waals surface area contributed by atoms with Crippen molar-refractivity contribution in [3.63, 3.8) is 0 Å². The van der Waals surface area contributed by atoms with Crippen LogP contribution in [0.25, 0.3) is 0 Å². The first-order chi connectivity index (χ1) is 10.5. The highest BCUT2D eigenvalue weighted by Gasteiger charge is 2.14. The molecule has 0 radical (unpaired) electrons. The second kappa shape index (κ2) is 10.6. The Balaban J connectivity index is 2.56. The van der Waals surface area contributed by atoms with Crippen LogP contribution in [-0.4, -0.2) is 28.6 Å². The molecule has 0 heterocycles. The second-order valence-electron chi connectivity index (χ2n) is 4.92. The number of primary amides is 1. The smallest absolute Gasteiger partial charge is 0.237 e. The summed E-state index contributed by atoms with van der Waals surface area (Å²) in [7, 11) is 0. The summed E-state index contributed by atoms with van der Waals surface area (Å²) >= 11 is 3.20. The van der Waals surface area contributed by atoms with Gasteiger partial charge in [0.1, 0.15) is 0 Å². The summed E-state index contributed by atoms with van der Waals surface area (Å²) in [6.07, 6.45) is 2.60. The molecule has 6 heteroatoms. The molecule has 1 rings (SSSR count). The molecular formula is C16H24N2O2S2. The van der Waals surface area contributed by atoms with Gasteiger partial charge in [0.25, 0.3) is 0 Å². The van der Waals surface area contributed by atoms with Gasteiger partial charge in [0.2, 0.25) is 11.8 Å². The van der Waals surface area contributed by atoms with E-state index in [1.807, 2.05) is 31.2 Å². The number of hydrogen-bond acceptors (Lipinski definition) is 4. The third-order valence-corrected chi connectivity index (χ3v) is 5.30. The average Bonchev–Trinajstić information content (AvgIpc) is 2.48. The van der Waals surface area contributed by atoms with Gasteiger partial charge in [-0.2, -0.15) is 0 Å². The molecule has 0 aromatic heterocycles. The van der Waals surface area contributed by atoms with Gasteiger partial charge in [-0.25, -0.2) is 0 Å². The molecule has 3 N–H and O–H groups in total.